The molecule has 2 aromatic carbocycles. The number of amidine groups is 1. The summed E-state index contributed by atoms with van der Waals surface area (Å²) in [5.74, 6) is -0.584. The zero-order valence-corrected chi connectivity index (χ0v) is 18.3. The van der Waals surface area contributed by atoms with Crippen LogP contribution in [0.1, 0.15) is 42.0 Å². The summed E-state index contributed by atoms with van der Waals surface area (Å²) in [6, 6.07) is 16.8. The van der Waals surface area contributed by atoms with Crippen LogP contribution in [0, 0.1) is 5.41 Å². The van der Waals surface area contributed by atoms with Crippen molar-refractivity contribution in [2.45, 2.75) is 31.5 Å². The molecule has 1 atom stereocenters. The first-order valence-corrected chi connectivity index (χ1v) is 11.0. The molecule has 1 amide bonds. The van der Waals surface area contributed by atoms with E-state index in [2.05, 4.69) is 20.4 Å². The molecule has 0 radical (unpaired) electrons. The van der Waals surface area contributed by atoms with Gasteiger partial charge in [-0.25, -0.2) is 4.99 Å². The summed E-state index contributed by atoms with van der Waals surface area (Å²) < 4.78 is 7.16. The van der Waals surface area contributed by atoms with E-state index >= 15 is 0 Å². The molecular formula is C24H24N8O2. The Balaban J connectivity index is 1.42. The zero-order chi connectivity index (χ0) is 23.7. The second-order valence-corrected chi connectivity index (χ2v) is 8.14. The van der Waals surface area contributed by atoms with Gasteiger partial charge in [-0.05, 0) is 25.3 Å². The van der Waals surface area contributed by atoms with Gasteiger partial charge in [0.05, 0.1) is 23.0 Å². The Morgan fingerprint density at radius 3 is 2.62 bits per heavy atom. The summed E-state index contributed by atoms with van der Waals surface area (Å²) in [6.07, 6.45) is 3.67. The fraction of sp³-hybridized carbons (Fsp3) is 0.208. The van der Waals surface area contributed by atoms with Gasteiger partial charge >= 0.3 is 0 Å². The van der Waals surface area contributed by atoms with E-state index in [0.717, 1.165) is 30.4 Å². The maximum absolute atomic E-state index is 12.9. The summed E-state index contributed by atoms with van der Waals surface area (Å²) in [5.41, 5.74) is 15.1. The SMILES string of the molecule is N=C(OC(N)=NC1N=C(c2ccccc2)c2ccccc2NC1=O)c1cn(C2CCC2)nc1N. The molecule has 6 N–H and O–H groups in total. The molecule has 3 aromatic rings. The van der Waals surface area contributed by atoms with Crippen molar-refractivity contribution in [3.8, 4) is 0 Å². The Kier molecular flexibility index (Phi) is 5.54. The largest absolute Gasteiger partial charge is 0.407 e. The van der Waals surface area contributed by atoms with Crippen molar-refractivity contribution in [3.05, 3.63) is 77.5 Å². The third kappa shape index (κ3) is 4.13. The maximum atomic E-state index is 12.9. The van der Waals surface area contributed by atoms with E-state index in [1.807, 2.05) is 48.5 Å². The van der Waals surface area contributed by atoms with Crippen LogP contribution < -0.4 is 16.8 Å². The van der Waals surface area contributed by atoms with E-state index in [-0.39, 0.29) is 23.8 Å². The van der Waals surface area contributed by atoms with Crippen LogP contribution in [0.3, 0.4) is 0 Å². The number of aliphatic imine (C=N–C) groups is 2. The molecule has 1 fully saturated rings. The molecule has 34 heavy (non-hydrogen) atoms. The van der Waals surface area contributed by atoms with Gasteiger partial charge in [-0.2, -0.15) is 10.1 Å². The molecule has 2 aliphatic rings. The number of hydrogen-bond acceptors (Lipinski definition) is 7. The third-order valence-corrected chi connectivity index (χ3v) is 5.88. The molecule has 1 saturated carbocycles. The lowest BCUT2D eigenvalue weighted by molar-refractivity contribution is -0.117. The number of nitrogens with zero attached hydrogens (tertiary/aromatic N) is 4. The number of amides is 1. The van der Waals surface area contributed by atoms with Crippen molar-refractivity contribution in [2.75, 3.05) is 11.1 Å². The van der Waals surface area contributed by atoms with Gasteiger partial charge in [-0.15, -0.1) is 0 Å². The molecule has 1 aliphatic carbocycles. The quantitative estimate of drug-likeness (QED) is 0.351. The lowest BCUT2D eigenvalue weighted by Gasteiger charge is -2.25. The van der Waals surface area contributed by atoms with Crippen molar-refractivity contribution < 1.29 is 9.53 Å². The minimum absolute atomic E-state index is 0.178. The fourth-order valence-electron chi connectivity index (χ4n) is 3.89. The predicted octanol–water partition coefficient (Wildman–Crippen LogP) is 2.66. The molecule has 2 heterocycles. The Morgan fingerprint density at radius 2 is 1.88 bits per heavy atom. The maximum Gasteiger partial charge on any atom is 0.291 e. The number of anilines is 2. The second kappa shape index (κ2) is 8.81. The van der Waals surface area contributed by atoms with Gasteiger partial charge in [0.1, 0.15) is 0 Å². The van der Waals surface area contributed by atoms with Crippen molar-refractivity contribution in [2.24, 2.45) is 15.7 Å². The van der Waals surface area contributed by atoms with E-state index < -0.39 is 12.1 Å². The van der Waals surface area contributed by atoms with Gasteiger partial charge < -0.3 is 21.5 Å². The molecule has 5 rings (SSSR count). The van der Waals surface area contributed by atoms with E-state index in [0.29, 0.717) is 17.0 Å². The van der Waals surface area contributed by atoms with Gasteiger partial charge in [0.2, 0.25) is 12.1 Å². The molecule has 172 valence electrons. The molecule has 0 saturated heterocycles. The molecule has 0 bridgehead atoms. The van der Waals surface area contributed by atoms with Crippen LogP contribution in [-0.4, -0.2) is 39.5 Å². The van der Waals surface area contributed by atoms with E-state index in [9.17, 15) is 4.79 Å². The minimum atomic E-state index is -1.20. The van der Waals surface area contributed by atoms with Crippen LogP contribution in [0.5, 0.6) is 0 Å². The highest BCUT2D eigenvalue weighted by atomic mass is 16.5. The van der Waals surface area contributed by atoms with Crippen LogP contribution >= 0.6 is 0 Å². The number of para-hydroxylation sites is 1. The summed E-state index contributed by atoms with van der Waals surface area (Å²) >= 11 is 0. The number of benzodiazepines with no additional fused rings is 1. The average molecular weight is 457 g/mol. The zero-order valence-electron chi connectivity index (χ0n) is 18.3. The second-order valence-electron chi connectivity index (χ2n) is 8.14. The summed E-state index contributed by atoms with van der Waals surface area (Å²) in [6.45, 7) is 0. The first kappa shape index (κ1) is 21.4. The lowest BCUT2D eigenvalue weighted by Crippen LogP contribution is -2.29. The monoisotopic (exact) mass is 456 g/mol. The normalized spacial score (nSPS) is 18.2. The van der Waals surface area contributed by atoms with Gasteiger partial charge in [-0.1, -0.05) is 48.5 Å². The number of rotatable bonds is 4. The van der Waals surface area contributed by atoms with Crippen LogP contribution in [0.25, 0.3) is 0 Å². The van der Waals surface area contributed by atoms with Crippen molar-refractivity contribution in [3.63, 3.8) is 0 Å². The highest BCUT2D eigenvalue weighted by molar-refractivity contribution is 6.19. The van der Waals surface area contributed by atoms with Gasteiger partial charge in [0.15, 0.2) is 5.82 Å². The Labute approximate surface area is 195 Å². The fourth-order valence-corrected chi connectivity index (χ4v) is 3.89. The number of benzene rings is 2. The van der Waals surface area contributed by atoms with E-state index in [1.54, 1.807) is 16.9 Å². The van der Waals surface area contributed by atoms with Crippen LogP contribution in [0.15, 0.2) is 70.8 Å². The van der Waals surface area contributed by atoms with Crippen molar-refractivity contribution in [1.82, 2.24) is 9.78 Å². The van der Waals surface area contributed by atoms with Crippen LogP contribution in [-0.2, 0) is 9.53 Å². The standard InChI is InChI=1S/C24H24N8O2/c25-20-17(13-32(31-20)15-9-6-10-15)21(26)34-24(27)30-22-23(33)28-18-12-5-4-11-16(18)19(29-22)14-7-2-1-3-8-14/h1-5,7-8,11-13,15,22,26H,6,9-10H2,(H2,25,31)(H2,27,30)(H,28,33). The highest BCUT2D eigenvalue weighted by Crippen LogP contribution is 2.32. The number of hydrogen-bond donors (Lipinski definition) is 4. The lowest BCUT2D eigenvalue weighted by atomic mass is 9.93. The van der Waals surface area contributed by atoms with Crippen LogP contribution in [0.2, 0.25) is 0 Å². The molecule has 1 aromatic heterocycles. The third-order valence-electron chi connectivity index (χ3n) is 5.88. The van der Waals surface area contributed by atoms with E-state index in [4.69, 9.17) is 21.6 Å². The van der Waals surface area contributed by atoms with Gasteiger partial charge in [0.25, 0.3) is 11.9 Å². The number of ether oxygens (including phenoxy) is 1. The summed E-state index contributed by atoms with van der Waals surface area (Å²) in [4.78, 5) is 21.7. The smallest absolute Gasteiger partial charge is 0.291 e. The predicted molar refractivity (Wildman–Crippen MR) is 130 cm³/mol. The molecule has 10 nitrogen and oxygen atoms in total. The van der Waals surface area contributed by atoms with Gasteiger partial charge in [-0.3, -0.25) is 14.9 Å². The van der Waals surface area contributed by atoms with Crippen molar-refractivity contribution in [1.29, 1.82) is 5.41 Å². The molecule has 1 aliphatic heterocycles. The number of carbonyl (C=O) groups is 1. The molecular weight excluding hydrogens is 432 g/mol. The molecule has 0 spiro atoms. The first-order chi connectivity index (χ1) is 16.5. The summed E-state index contributed by atoms with van der Waals surface area (Å²) in [7, 11) is 0. The highest BCUT2D eigenvalue weighted by Gasteiger charge is 2.27. The molecule has 1 unspecified atom stereocenters. The Hall–Kier alpha value is -4.47. The first-order valence-electron chi connectivity index (χ1n) is 11.0. The number of nitrogens with two attached hydrogens (primary N) is 2. The summed E-state index contributed by atoms with van der Waals surface area (Å²) in [5, 5.41) is 15.4. The number of fused-ring (bicyclic) bond motifs is 1. The number of nitrogens with one attached hydrogen (secondary N) is 2. The molecule has 10 heteroatoms. The number of carbonyl (C=O) groups excluding carboxylic acids is 1. The number of nitrogen functional groups attached to an aromatic ring is 1. The average Bonchev–Trinajstić information content (AvgIpc) is 3.10. The minimum Gasteiger partial charge on any atom is -0.407 e. The van der Waals surface area contributed by atoms with Crippen LogP contribution in [0.4, 0.5) is 11.5 Å². The Morgan fingerprint density at radius 1 is 1.15 bits per heavy atom. The Bertz CT molecular complexity index is 1310. The topological polar surface area (TPSA) is 157 Å². The van der Waals surface area contributed by atoms with Gasteiger partial charge in [0, 0.05) is 17.3 Å². The van der Waals surface area contributed by atoms with E-state index in [1.165, 1.54) is 0 Å². The number of aromatic nitrogens is 2. The van der Waals surface area contributed by atoms with Crippen molar-refractivity contribution >= 4 is 35.0 Å².